The second kappa shape index (κ2) is 9.68. The molecule has 0 unspecified atom stereocenters. The zero-order valence-corrected chi connectivity index (χ0v) is 19.0. The number of methoxy groups -OCH3 is 1. The van der Waals surface area contributed by atoms with Gasteiger partial charge in [0.15, 0.2) is 23.8 Å². The van der Waals surface area contributed by atoms with E-state index in [1.54, 1.807) is 24.3 Å². The van der Waals surface area contributed by atoms with Crippen LogP contribution in [0.5, 0.6) is 11.5 Å². The molecule has 1 aliphatic rings. The van der Waals surface area contributed by atoms with E-state index in [1.165, 1.54) is 12.7 Å². The van der Waals surface area contributed by atoms with E-state index in [-0.39, 0.29) is 29.5 Å². The van der Waals surface area contributed by atoms with Crippen molar-refractivity contribution in [2.24, 2.45) is 4.99 Å². The molecule has 168 valence electrons. The molecule has 0 fully saturated rings. The number of esters is 1. The van der Waals surface area contributed by atoms with Crippen molar-refractivity contribution in [2.75, 3.05) is 20.3 Å². The van der Waals surface area contributed by atoms with Gasteiger partial charge >= 0.3 is 5.97 Å². The van der Waals surface area contributed by atoms with Gasteiger partial charge in [-0.05, 0) is 53.8 Å². The van der Waals surface area contributed by atoms with Crippen LogP contribution in [0.15, 0.2) is 53.2 Å². The number of amides is 1. The largest absolute Gasteiger partial charge is 0.493 e. The Morgan fingerprint density at radius 2 is 1.84 bits per heavy atom. The fourth-order valence-electron chi connectivity index (χ4n) is 3.09. The third kappa shape index (κ3) is 5.55. The number of nitrogens with one attached hydrogen (secondary N) is 1. The number of carbonyl (C=O) groups is 2. The van der Waals surface area contributed by atoms with E-state index in [9.17, 15) is 9.59 Å². The van der Waals surface area contributed by atoms with Crippen LogP contribution in [0.25, 0.3) is 6.08 Å². The summed E-state index contributed by atoms with van der Waals surface area (Å²) in [5, 5.41) is 2.67. The smallest absolute Gasteiger partial charge is 0.363 e. The molecule has 0 aliphatic carbocycles. The molecule has 1 amide bonds. The number of ether oxygens (including phenoxy) is 3. The van der Waals surface area contributed by atoms with Crippen molar-refractivity contribution in [3.8, 4) is 11.5 Å². The van der Waals surface area contributed by atoms with Gasteiger partial charge in [-0.25, -0.2) is 9.79 Å². The lowest BCUT2D eigenvalue weighted by molar-refractivity contribution is -0.130. The zero-order chi connectivity index (χ0) is 23.3. The first kappa shape index (κ1) is 23.1. The van der Waals surface area contributed by atoms with Gasteiger partial charge in [-0.2, -0.15) is 0 Å². The van der Waals surface area contributed by atoms with Crippen LogP contribution in [0, 0.1) is 0 Å². The number of hydrogen-bond acceptors (Lipinski definition) is 6. The summed E-state index contributed by atoms with van der Waals surface area (Å²) in [6, 6.07) is 13.0. The molecule has 2 aromatic rings. The third-order valence-corrected chi connectivity index (χ3v) is 4.84. The zero-order valence-electron chi connectivity index (χ0n) is 19.0. The van der Waals surface area contributed by atoms with Crippen LogP contribution in [-0.2, 0) is 19.7 Å². The number of cyclic esters (lactones) is 1. The summed E-state index contributed by atoms with van der Waals surface area (Å²) in [4.78, 5) is 28.3. The minimum absolute atomic E-state index is 0.0342. The summed E-state index contributed by atoms with van der Waals surface area (Å²) in [5.41, 5.74) is 2.84. The van der Waals surface area contributed by atoms with Crippen molar-refractivity contribution in [3.05, 3.63) is 64.9 Å². The SMILES string of the molecule is CCNC(=O)COc1ccc(/C=C2/N=C(c3ccc(C(C)(C)C)cc3)OC2=O)cc1OC. The van der Waals surface area contributed by atoms with Crippen LogP contribution >= 0.6 is 0 Å². The first-order valence-electron chi connectivity index (χ1n) is 10.4. The number of rotatable bonds is 7. The maximum absolute atomic E-state index is 12.3. The highest BCUT2D eigenvalue weighted by Gasteiger charge is 2.25. The van der Waals surface area contributed by atoms with Crippen LogP contribution in [0.4, 0.5) is 0 Å². The second-order valence-electron chi connectivity index (χ2n) is 8.32. The van der Waals surface area contributed by atoms with E-state index in [0.717, 1.165) is 5.56 Å². The van der Waals surface area contributed by atoms with Crippen LogP contribution < -0.4 is 14.8 Å². The van der Waals surface area contributed by atoms with E-state index in [2.05, 4.69) is 31.1 Å². The van der Waals surface area contributed by atoms with Crippen molar-refractivity contribution >= 4 is 23.9 Å². The number of hydrogen-bond donors (Lipinski definition) is 1. The molecular formula is C25H28N2O5. The number of benzene rings is 2. The Morgan fingerprint density at radius 1 is 1.12 bits per heavy atom. The Bertz CT molecular complexity index is 1060. The number of carbonyl (C=O) groups excluding carboxylic acids is 2. The van der Waals surface area contributed by atoms with Gasteiger partial charge in [-0.3, -0.25) is 4.79 Å². The Morgan fingerprint density at radius 3 is 2.47 bits per heavy atom. The molecule has 1 N–H and O–H groups in total. The predicted octanol–water partition coefficient (Wildman–Crippen LogP) is 3.85. The molecule has 3 rings (SSSR count). The Hall–Kier alpha value is -3.61. The van der Waals surface area contributed by atoms with Gasteiger partial charge < -0.3 is 19.5 Å². The summed E-state index contributed by atoms with van der Waals surface area (Å²) in [6.07, 6.45) is 1.62. The molecule has 2 aromatic carbocycles. The molecule has 7 nitrogen and oxygen atoms in total. The van der Waals surface area contributed by atoms with Gasteiger partial charge in [0.2, 0.25) is 5.90 Å². The Balaban J connectivity index is 1.79. The molecule has 0 saturated carbocycles. The molecule has 0 aromatic heterocycles. The van der Waals surface area contributed by atoms with Gasteiger partial charge in [0.25, 0.3) is 5.91 Å². The van der Waals surface area contributed by atoms with E-state index in [0.29, 0.717) is 23.6 Å². The number of nitrogens with zero attached hydrogens (tertiary/aromatic N) is 1. The summed E-state index contributed by atoms with van der Waals surface area (Å²) >= 11 is 0. The molecule has 0 spiro atoms. The highest BCUT2D eigenvalue weighted by Crippen LogP contribution is 2.30. The molecule has 1 heterocycles. The summed E-state index contributed by atoms with van der Waals surface area (Å²) in [5.74, 6) is 0.410. The first-order chi connectivity index (χ1) is 15.2. The van der Waals surface area contributed by atoms with E-state index < -0.39 is 5.97 Å². The van der Waals surface area contributed by atoms with Gasteiger partial charge in [-0.1, -0.05) is 39.0 Å². The van der Waals surface area contributed by atoms with Gasteiger partial charge in [-0.15, -0.1) is 0 Å². The van der Waals surface area contributed by atoms with E-state index >= 15 is 0 Å². The molecule has 0 saturated heterocycles. The topological polar surface area (TPSA) is 86.2 Å². The number of likely N-dealkylation sites (N-methyl/N-ethyl adjacent to an activating group) is 1. The number of aliphatic imine (C=N–C) groups is 1. The molecule has 0 radical (unpaired) electrons. The maximum Gasteiger partial charge on any atom is 0.363 e. The summed E-state index contributed by atoms with van der Waals surface area (Å²) in [7, 11) is 1.51. The third-order valence-electron chi connectivity index (χ3n) is 4.84. The molecule has 32 heavy (non-hydrogen) atoms. The van der Waals surface area contributed by atoms with Gasteiger partial charge in [0.1, 0.15) is 0 Å². The Kier molecular flexibility index (Phi) is 6.98. The van der Waals surface area contributed by atoms with E-state index in [1.807, 2.05) is 31.2 Å². The first-order valence-corrected chi connectivity index (χ1v) is 10.4. The maximum atomic E-state index is 12.3. The van der Waals surface area contributed by atoms with Crippen molar-refractivity contribution in [1.29, 1.82) is 0 Å². The molecular weight excluding hydrogens is 408 g/mol. The molecule has 1 aliphatic heterocycles. The summed E-state index contributed by atoms with van der Waals surface area (Å²) < 4.78 is 16.2. The minimum atomic E-state index is -0.518. The van der Waals surface area contributed by atoms with Crippen molar-refractivity contribution in [3.63, 3.8) is 0 Å². The highest BCUT2D eigenvalue weighted by atomic mass is 16.6. The fourth-order valence-corrected chi connectivity index (χ4v) is 3.09. The lowest BCUT2D eigenvalue weighted by Gasteiger charge is -2.18. The van der Waals surface area contributed by atoms with E-state index in [4.69, 9.17) is 14.2 Å². The predicted molar refractivity (Wildman–Crippen MR) is 123 cm³/mol. The summed E-state index contributed by atoms with van der Waals surface area (Å²) in [6.45, 7) is 8.68. The fraction of sp³-hybridized carbons (Fsp3) is 0.320. The van der Waals surface area contributed by atoms with Crippen LogP contribution in [0.3, 0.4) is 0 Å². The quantitative estimate of drug-likeness (QED) is 0.526. The molecule has 0 atom stereocenters. The minimum Gasteiger partial charge on any atom is -0.493 e. The normalized spacial score (nSPS) is 14.7. The van der Waals surface area contributed by atoms with Crippen LogP contribution in [0.1, 0.15) is 44.4 Å². The van der Waals surface area contributed by atoms with Crippen LogP contribution in [-0.4, -0.2) is 38.0 Å². The average Bonchev–Trinajstić information content (AvgIpc) is 3.12. The van der Waals surface area contributed by atoms with Crippen molar-refractivity contribution in [2.45, 2.75) is 33.1 Å². The second-order valence-corrected chi connectivity index (χ2v) is 8.32. The Labute approximate surface area is 188 Å². The van der Waals surface area contributed by atoms with Gasteiger partial charge in [0.05, 0.1) is 7.11 Å². The van der Waals surface area contributed by atoms with Crippen molar-refractivity contribution in [1.82, 2.24) is 5.32 Å². The highest BCUT2D eigenvalue weighted by molar-refractivity contribution is 6.12. The van der Waals surface area contributed by atoms with Gasteiger partial charge in [0, 0.05) is 12.1 Å². The lowest BCUT2D eigenvalue weighted by atomic mass is 9.87. The standard InChI is InChI=1S/C25H28N2O5/c1-6-26-22(28)15-31-20-12-7-16(14-21(20)30-5)13-19-24(29)32-23(27-19)17-8-10-18(11-9-17)25(2,3)4/h7-14H,6,15H2,1-5H3,(H,26,28)/b19-13+. The monoisotopic (exact) mass is 436 g/mol. The average molecular weight is 437 g/mol. The molecule has 0 bridgehead atoms. The van der Waals surface area contributed by atoms with Crippen molar-refractivity contribution < 1.29 is 23.8 Å². The molecule has 7 heteroatoms. The lowest BCUT2D eigenvalue weighted by Crippen LogP contribution is -2.28. The van der Waals surface area contributed by atoms with Crippen LogP contribution in [0.2, 0.25) is 0 Å².